The zero-order chi connectivity index (χ0) is 20.0. The fraction of sp³-hybridized carbons (Fsp3) is 0.263. The lowest BCUT2D eigenvalue weighted by atomic mass is 10.0. The van der Waals surface area contributed by atoms with E-state index in [-0.39, 0.29) is 11.9 Å². The number of fused-ring (bicyclic) bond motifs is 1. The largest absolute Gasteiger partial charge is 0.397 e. The second kappa shape index (κ2) is 6.69. The average Bonchev–Trinajstić information content (AvgIpc) is 2.93. The third kappa shape index (κ3) is 2.90. The van der Waals surface area contributed by atoms with Gasteiger partial charge in [-0.25, -0.2) is 4.98 Å². The molecule has 0 radical (unpaired) electrons. The molecule has 2 aromatic heterocycles. The van der Waals surface area contributed by atoms with Gasteiger partial charge in [-0.15, -0.1) is 0 Å². The number of aromatic nitrogens is 3. The fourth-order valence-corrected chi connectivity index (χ4v) is 3.68. The number of hydrogen-bond acceptors (Lipinski definition) is 6. The molecule has 0 saturated carbocycles. The molecule has 0 unspecified atom stereocenters. The molecule has 1 saturated heterocycles. The molecule has 9 heteroatoms. The van der Waals surface area contributed by atoms with Gasteiger partial charge in [-0.1, -0.05) is 11.6 Å². The number of nitrogens with zero attached hydrogens (tertiary/aromatic N) is 5. The first-order valence-corrected chi connectivity index (χ1v) is 9.10. The number of nitrogens with one attached hydrogen (secondary N) is 1. The van der Waals surface area contributed by atoms with E-state index in [0.29, 0.717) is 40.7 Å². The maximum Gasteiger partial charge on any atom is 0.253 e. The summed E-state index contributed by atoms with van der Waals surface area (Å²) in [5.41, 5.74) is 9.23. The number of carbonyl (C=O) groups excluding carboxylic acids is 1. The van der Waals surface area contributed by atoms with E-state index in [9.17, 15) is 4.79 Å². The molecule has 4 rings (SSSR count). The Balaban J connectivity index is 1.46. The van der Waals surface area contributed by atoms with E-state index in [1.54, 1.807) is 22.9 Å². The highest BCUT2D eigenvalue weighted by molar-refractivity contribution is 6.33. The SMILES string of the molecule is Cc1c2c(N)c(C(=O)NC3CN(c4ncc(C#N)cc4Cl)C3)ccc2nn1C. The number of aryl methyl sites for hydroxylation is 2. The molecule has 0 atom stereocenters. The van der Waals surface area contributed by atoms with Crippen LogP contribution in [-0.2, 0) is 7.05 Å². The first kappa shape index (κ1) is 18.1. The van der Waals surface area contributed by atoms with Crippen LogP contribution >= 0.6 is 11.6 Å². The van der Waals surface area contributed by atoms with Crippen molar-refractivity contribution in [2.24, 2.45) is 7.05 Å². The normalized spacial score (nSPS) is 14.0. The summed E-state index contributed by atoms with van der Waals surface area (Å²) in [7, 11) is 1.85. The smallest absolute Gasteiger partial charge is 0.253 e. The molecule has 8 nitrogen and oxygen atoms in total. The summed E-state index contributed by atoms with van der Waals surface area (Å²) in [6.45, 7) is 3.09. The lowest BCUT2D eigenvalue weighted by Gasteiger charge is -2.40. The van der Waals surface area contributed by atoms with E-state index >= 15 is 0 Å². The van der Waals surface area contributed by atoms with Gasteiger partial charge >= 0.3 is 0 Å². The highest BCUT2D eigenvalue weighted by atomic mass is 35.5. The van der Waals surface area contributed by atoms with E-state index in [0.717, 1.165) is 16.6 Å². The predicted molar refractivity (Wildman–Crippen MR) is 107 cm³/mol. The Morgan fingerprint density at radius 1 is 1.43 bits per heavy atom. The number of nitriles is 1. The zero-order valence-electron chi connectivity index (χ0n) is 15.4. The molecule has 1 aliphatic rings. The molecular formula is C19H18ClN7O. The molecule has 28 heavy (non-hydrogen) atoms. The van der Waals surface area contributed by atoms with Gasteiger partial charge < -0.3 is 16.0 Å². The standard InChI is InChI=1S/C19H18ClN7O/c1-10-16-15(25-26(10)2)4-3-13(17(16)22)19(28)24-12-8-27(9-12)18-14(20)5-11(6-21)7-23-18/h3-5,7,12H,8-9,22H2,1-2H3,(H,24,28). The number of halogens is 1. The van der Waals surface area contributed by atoms with Crippen LogP contribution in [0.2, 0.25) is 5.02 Å². The predicted octanol–water partition coefficient (Wildman–Crippen LogP) is 2.00. The molecule has 1 amide bonds. The van der Waals surface area contributed by atoms with Gasteiger partial charge in [-0.3, -0.25) is 9.48 Å². The Morgan fingerprint density at radius 3 is 2.86 bits per heavy atom. The van der Waals surface area contributed by atoms with Crippen LogP contribution in [0.25, 0.3) is 10.9 Å². The molecule has 0 bridgehead atoms. The van der Waals surface area contributed by atoms with E-state index in [1.807, 2.05) is 24.9 Å². The monoisotopic (exact) mass is 395 g/mol. The van der Waals surface area contributed by atoms with Crippen molar-refractivity contribution in [2.45, 2.75) is 13.0 Å². The Morgan fingerprint density at radius 2 is 2.18 bits per heavy atom. The van der Waals surface area contributed by atoms with Crippen LogP contribution < -0.4 is 16.0 Å². The fourth-order valence-electron chi connectivity index (χ4n) is 3.40. The molecule has 0 aliphatic carbocycles. The van der Waals surface area contributed by atoms with Gasteiger partial charge in [-0.2, -0.15) is 10.4 Å². The summed E-state index contributed by atoms with van der Waals surface area (Å²) < 4.78 is 1.75. The van der Waals surface area contributed by atoms with Gasteiger partial charge in [0.2, 0.25) is 0 Å². The number of carbonyl (C=O) groups is 1. The van der Waals surface area contributed by atoms with Crippen LogP contribution in [0.3, 0.4) is 0 Å². The summed E-state index contributed by atoms with van der Waals surface area (Å²) in [5, 5.41) is 17.5. The highest BCUT2D eigenvalue weighted by Crippen LogP contribution is 2.29. The van der Waals surface area contributed by atoms with Crippen molar-refractivity contribution in [2.75, 3.05) is 23.7 Å². The number of nitrogen functional groups attached to an aromatic ring is 1. The Hall–Kier alpha value is -3.31. The highest BCUT2D eigenvalue weighted by Gasteiger charge is 2.31. The number of rotatable bonds is 3. The maximum absolute atomic E-state index is 12.7. The van der Waals surface area contributed by atoms with Crippen molar-refractivity contribution in [3.63, 3.8) is 0 Å². The third-order valence-corrected chi connectivity index (χ3v) is 5.32. The Labute approximate surface area is 166 Å². The minimum atomic E-state index is -0.216. The average molecular weight is 396 g/mol. The van der Waals surface area contributed by atoms with Crippen molar-refractivity contribution in [1.82, 2.24) is 20.1 Å². The van der Waals surface area contributed by atoms with Crippen LogP contribution in [-0.4, -0.2) is 39.8 Å². The first-order valence-electron chi connectivity index (χ1n) is 8.72. The van der Waals surface area contributed by atoms with Crippen molar-refractivity contribution < 1.29 is 4.79 Å². The van der Waals surface area contributed by atoms with Gasteiger partial charge in [0.25, 0.3) is 5.91 Å². The van der Waals surface area contributed by atoms with E-state index in [4.69, 9.17) is 22.6 Å². The van der Waals surface area contributed by atoms with Crippen molar-refractivity contribution in [3.05, 3.63) is 46.2 Å². The van der Waals surface area contributed by atoms with Crippen LogP contribution in [0, 0.1) is 18.3 Å². The quantitative estimate of drug-likeness (QED) is 0.656. The van der Waals surface area contributed by atoms with Gasteiger partial charge in [-0.05, 0) is 25.1 Å². The molecule has 3 aromatic rings. The number of anilines is 2. The number of benzene rings is 1. The van der Waals surface area contributed by atoms with E-state index < -0.39 is 0 Å². The molecule has 3 N–H and O–H groups in total. The van der Waals surface area contributed by atoms with Crippen LogP contribution in [0.1, 0.15) is 21.6 Å². The molecule has 1 aromatic carbocycles. The summed E-state index contributed by atoms with van der Waals surface area (Å²) in [6.07, 6.45) is 1.49. The number of pyridine rings is 1. The van der Waals surface area contributed by atoms with Crippen molar-refractivity contribution >= 4 is 39.9 Å². The summed E-state index contributed by atoms with van der Waals surface area (Å²) in [6, 6.07) is 7.07. The maximum atomic E-state index is 12.7. The number of nitrogens with two attached hydrogens (primary N) is 1. The van der Waals surface area contributed by atoms with Gasteiger partial charge in [0, 0.05) is 37.4 Å². The summed E-state index contributed by atoms with van der Waals surface area (Å²) in [4.78, 5) is 18.9. The number of hydrogen-bond donors (Lipinski definition) is 2. The topological polar surface area (TPSA) is 113 Å². The molecule has 142 valence electrons. The van der Waals surface area contributed by atoms with Crippen LogP contribution in [0.5, 0.6) is 0 Å². The lowest BCUT2D eigenvalue weighted by Crippen LogP contribution is -2.59. The zero-order valence-corrected chi connectivity index (χ0v) is 16.2. The van der Waals surface area contributed by atoms with Crippen LogP contribution in [0.15, 0.2) is 24.4 Å². The molecule has 1 aliphatic heterocycles. The van der Waals surface area contributed by atoms with Gasteiger partial charge in [0.05, 0.1) is 33.4 Å². The third-order valence-electron chi connectivity index (χ3n) is 5.04. The van der Waals surface area contributed by atoms with Crippen molar-refractivity contribution in [1.29, 1.82) is 5.26 Å². The van der Waals surface area contributed by atoms with Gasteiger partial charge in [0.1, 0.15) is 11.9 Å². The van der Waals surface area contributed by atoms with Crippen molar-refractivity contribution in [3.8, 4) is 6.07 Å². The van der Waals surface area contributed by atoms with E-state index in [2.05, 4.69) is 15.4 Å². The van der Waals surface area contributed by atoms with Crippen LogP contribution in [0.4, 0.5) is 11.5 Å². The molecule has 0 spiro atoms. The lowest BCUT2D eigenvalue weighted by molar-refractivity contribution is 0.0931. The minimum absolute atomic E-state index is 0.0360. The Kier molecular flexibility index (Phi) is 4.32. The second-order valence-corrected chi connectivity index (χ2v) is 7.25. The summed E-state index contributed by atoms with van der Waals surface area (Å²) >= 11 is 6.19. The Bertz CT molecular complexity index is 1140. The second-order valence-electron chi connectivity index (χ2n) is 6.85. The summed E-state index contributed by atoms with van der Waals surface area (Å²) in [5.74, 6) is 0.393. The first-order chi connectivity index (χ1) is 13.4. The molecular weight excluding hydrogens is 378 g/mol. The van der Waals surface area contributed by atoms with Gasteiger partial charge in [0.15, 0.2) is 0 Å². The molecule has 1 fully saturated rings. The van der Waals surface area contributed by atoms with E-state index in [1.165, 1.54) is 6.20 Å². The number of amides is 1. The molecule has 3 heterocycles. The minimum Gasteiger partial charge on any atom is -0.397 e.